The molecular weight excluding hydrogens is 272 g/mol. The lowest BCUT2D eigenvalue weighted by Crippen LogP contribution is -2.44. The molecule has 1 heterocycles. The van der Waals surface area contributed by atoms with Crippen LogP contribution in [0, 0.1) is 5.92 Å². The second kappa shape index (κ2) is 5.97. The van der Waals surface area contributed by atoms with E-state index in [1.807, 2.05) is 13.8 Å². The number of nitrogens with one attached hydrogen (secondary N) is 1. The Morgan fingerprint density at radius 1 is 1.33 bits per heavy atom. The van der Waals surface area contributed by atoms with E-state index in [0.717, 1.165) is 5.39 Å². The minimum Gasteiger partial charge on any atom is -0.475 e. The highest BCUT2D eigenvalue weighted by atomic mass is 16.4. The molecule has 2 aromatic rings. The van der Waals surface area contributed by atoms with Crippen LogP contribution in [0.15, 0.2) is 28.7 Å². The van der Waals surface area contributed by atoms with Crippen LogP contribution in [0.2, 0.25) is 0 Å². The third-order valence-corrected chi connectivity index (χ3v) is 3.36. The van der Waals surface area contributed by atoms with Crippen molar-refractivity contribution in [3.63, 3.8) is 0 Å². The maximum absolute atomic E-state index is 11.4. The van der Waals surface area contributed by atoms with Gasteiger partial charge in [0.15, 0.2) is 0 Å². The van der Waals surface area contributed by atoms with Crippen LogP contribution >= 0.6 is 0 Å². The molecule has 1 aromatic heterocycles. The number of rotatable bonds is 6. The Hall–Kier alpha value is -2.34. The van der Waals surface area contributed by atoms with Gasteiger partial charge in [0.2, 0.25) is 11.7 Å². The van der Waals surface area contributed by atoms with E-state index in [0.29, 0.717) is 11.1 Å². The van der Waals surface area contributed by atoms with Crippen molar-refractivity contribution >= 4 is 22.8 Å². The molecule has 6 nitrogen and oxygen atoms in total. The van der Waals surface area contributed by atoms with Crippen molar-refractivity contribution in [2.45, 2.75) is 26.4 Å². The molecular formula is C15H18N2O4. The monoisotopic (exact) mass is 290 g/mol. The number of primary amides is 1. The maximum Gasteiger partial charge on any atom is 0.372 e. The van der Waals surface area contributed by atoms with Gasteiger partial charge in [-0.25, -0.2) is 4.79 Å². The summed E-state index contributed by atoms with van der Waals surface area (Å²) in [4.78, 5) is 22.7. The quantitative estimate of drug-likeness (QED) is 0.751. The first-order valence-electron chi connectivity index (χ1n) is 6.68. The normalized spacial score (nSPS) is 12.7. The number of carboxylic acids is 1. The second-order valence-electron chi connectivity index (χ2n) is 5.22. The van der Waals surface area contributed by atoms with E-state index in [-0.39, 0.29) is 18.2 Å². The number of amides is 1. The third-order valence-electron chi connectivity index (χ3n) is 3.36. The lowest BCUT2D eigenvalue weighted by atomic mass is 10.0. The number of fused-ring (bicyclic) bond motifs is 1. The minimum absolute atomic E-state index is 0.00828. The van der Waals surface area contributed by atoms with Crippen molar-refractivity contribution in [1.29, 1.82) is 0 Å². The standard InChI is InChI=1S/C15H18N2O4/c1-8(2)12(14(16)18)17-7-10-9-5-3-4-6-11(9)21-13(10)15(19)20/h3-6,8,12,17H,7H2,1-2H3,(H2,16,18)(H,19,20). The van der Waals surface area contributed by atoms with Crippen molar-refractivity contribution in [2.24, 2.45) is 11.7 Å². The van der Waals surface area contributed by atoms with Crippen molar-refractivity contribution < 1.29 is 19.1 Å². The van der Waals surface area contributed by atoms with Crippen molar-refractivity contribution in [3.8, 4) is 0 Å². The fraction of sp³-hybridized carbons (Fsp3) is 0.333. The Labute approximate surface area is 121 Å². The summed E-state index contributed by atoms with van der Waals surface area (Å²) < 4.78 is 5.36. The van der Waals surface area contributed by atoms with Crippen LogP contribution in [-0.2, 0) is 11.3 Å². The van der Waals surface area contributed by atoms with E-state index in [1.54, 1.807) is 24.3 Å². The zero-order valence-corrected chi connectivity index (χ0v) is 11.9. The summed E-state index contributed by atoms with van der Waals surface area (Å²) >= 11 is 0. The fourth-order valence-corrected chi connectivity index (χ4v) is 2.32. The van der Waals surface area contributed by atoms with Gasteiger partial charge in [-0.15, -0.1) is 0 Å². The third kappa shape index (κ3) is 3.05. The van der Waals surface area contributed by atoms with Gasteiger partial charge in [-0.1, -0.05) is 32.0 Å². The summed E-state index contributed by atoms with van der Waals surface area (Å²) in [5.74, 6) is -1.71. The van der Waals surface area contributed by atoms with E-state index < -0.39 is 17.9 Å². The summed E-state index contributed by atoms with van der Waals surface area (Å²) in [6, 6.07) is 6.55. The number of para-hydroxylation sites is 1. The summed E-state index contributed by atoms with van der Waals surface area (Å²) in [6.07, 6.45) is 0. The van der Waals surface area contributed by atoms with Crippen molar-refractivity contribution in [1.82, 2.24) is 5.32 Å². The molecule has 1 unspecified atom stereocenters. The predicted octanol–water partition coefficient (Wildman–Crippen LogP) is 1.73. The van der Waals surface area contributed by atoms with Crippen LogP contribution in [0.3, 0.4) is 0 Å². The molecule has 0 radical (unpaired) electrons. The van der Waals surface area contributed by atoms with E-state index in [4.69, 9.17) is 10.2 Å². The Morgan fingerprint density at radius 2 is 2.00 bits per heavy atom. The van der Waals surface area contributed by atoms with Gasteiger partial charge in [-0.2, -0.15) is 0 Å². The Kier molecular flexibility index (Phi) is 4.28. The zero-order chi connectivity index (χ0) is 15.6. The van der Waals surface area contributed by atoms with Crippen LogP contribution in [-0.4, -0.2) is 23.0 Å². The van der Waals surface area contributed by atoms with Crippen molar-refractivity contribution in [2.75, 3.05) is 0 Å². The van der Waals surface area contributed by atoms with E-state index in [2.05, 4.69) is 5.32 Å². The first-order valence-corrected chi connectivity index (χ1v) is 6.68. The summed E-state index contributed by atoms with van der Waals surface area (Å²) in [6.45, 7) is 3.94. The van der Waals surface area contributed by atoms with E-state index >= 15 is 0 Å². The second-order valence-corrected chi connectivity index (χ2v) is 5.22. The first-order chi connectivity index (χ1) is 9.91. The number of hydrogen-bond donors (Lipinski definition) is 3. The average Bonchev–Trinajstić information content (AvgIpc) is 2.77. The number of furan rings is 1. The molecule has 1 amide bonds. The minimum atomic E-state index is -1.14. The molecule has 0 bridgehead atoms. The fourth-order valence-electron chi connectivity index (χ4n) is 2.32. The highest BCUT2D eigenvalue weighted by Crippen LogP contribution is 2.26. The highest BCUT2D eigenvalue weighted by Gasteiger charge is 2.23. The van der Waals surface area contributed by atoms with Crippen molar-refractivity contribution in [3.05, 3.63) is 35.6 Å². The molecule has 112 valence electrons. The van der Waals surface area contributed by atoms with Gasteiger partial charge < -0.3 is 20.6 Å². The number of carbonyl (C=O) groups excluding carboxylic acids is 1. The molecule has 1 aromatic carbocycles. The zero-order valence-electron chi connectivity index (χ0n) is 11.9. The molecule has 2 rings (SSSR count). The molecule has 6 heteroatoms. The Balaban J connectivity index is 2.34. The van der Waals surface area contributed by atoms with Crippen LogP contribution in [0.1, 0.15) is 30.0 Å². The predicted molar refractivity (Wildman–Crippen MR) is 77.8 cm³/mol. The topological polar surface area (TPSA) is 106 Å². The lowest BCUT2D eigenvalue weighted by molar-refractivity contribution is -0.121. The van der Waals surface area contributed by atoms with Crippen LogP contribution in [0.25, 0.3) is 11.0 Å². The van der Waals surface area contributed by atoms with Crippen LogP contribution in [0.5, 0.6) is 0 Å². The molecule has 0 spiro atoms. The molecule has 0 aliphatic heterocycles. The number of carbonyl (C=O) groups is 2. The van der Waals surface area contributed by atoms with E-state index in [9.17, 15) is 14.7 Å². The van der Waals surface area contributed by atoms with Gasteiger partial charge in [0, 0.05) is 17.5 Å². The van der Waals surface area contributed by atoms with Gasteiger partial charge >= 0.3 is 5.97 Å². The molecule has 0 fully saturated rings. The van der Waals surface area contributed by atoms with Gasteiger partial charge in [-0.3, -0.25) is 4.79 Å². The lowest BCUT2D eigenvalue weighted by Gasteiger charge is -2.18. The SMILES string of the molecule is CC(C)C(NCc1c(C(=O)O)oc2ccccc12)C(N)=O. The Bertz CT molecular complexity index is 675. The van der Waals surface area contributed by atoms with E-state index in [1.165, 1.54) is 0 Å². The Morgan fingerprint density at radius 3 is 2.57 bits per heavy atom. The van der Waals surface area contributed by atoms with Gasteiger partial charge in [0.05, 0.1) is 6.04 Å². The summed E-state index contributed by atoms with van der Waals surface area (Å²) in [5.41, 5.74) is 6.37. The van der Waals surface area contributed by atoms with Crippen LogP contribution < -0.4 is 11.1 Å². The van der Waals surface area contributed by atoms with Gasteiger partial charge in [0.1, 0.15) is 5.58 Å². The van der Waals surface area contributed by atoms with Crippen LogP contribution in [0.4, 0.5) is 0 Å². The van der Waals surface area contributed by atoms with Gasteiger partial charge in [0.25, 0.3) is 0 Å². The number of aromatic carboxylic acids is 1. The average molecular weight is 290 g/mol. The molecule has 0 saturated heterocycles. The number of hydrogen-bond acceptors (Lipinski definition) is 4. The molecule has 0 aliphatic rings. The number of nitrogens with two attached hydrogens (primary N) is 1. The first kappa shape index (κ1) is 15.1. The smallest absolute Gasteiger partial charge is 0.372 e. The summed E-state index contributed by atoms with van der Waals surface area (Å²) in [7, 11) is 0. The highest BCUT2D eigenvalue weighted by molar-refractivity contribution is 5.95. The molecule has 0 aliphatic carbocycles. The molecule has 4 N–H and O–H groups in total. The number of benzene rings is 1. The largest absolute Gasteiger partial charge is 0.475 e. The van der Waals surface area contributed by atoms with Gasteiger partial charge in [-0.05, 0) is 12.0 Å². The molecule has 21 heavy (non-hydrogen) atoms. The summed E-state index contributed by atoms with van der Waals surface area (Å²) in [5, 5.41) is 13.0. The number of carboxylic acid groups (broad SMARTS) is 1. The molecule has 0 saturated carbocycles. The maximum atomic E-state index is 11.4. The molecule has 1 atom stereocenters.